The van der Waals surface area contributed by atoms with Crippen molar-refractivity contribution in [1.82, 2.24) is 0 Å². The van der Waals surface area contributed by atoms with Crippen molar-refractivity contribution in [2.45, 2.75) is 117 Å². The predicted molar refractivity (Wildman–Crippen MR) is 230 cm³/mol. The van der Waals surface area contributed by atoms with E-state index in [-0.39, 0.29) is 28.4 Å². The van der Waals surface area contributed by atoms with Crippen LogP contribution in [0.4, 0.5) is 34.1 Å². The maximum absolute atomic E-state index is 7.17. The van der Waals surface area contributed by atoms with Gasteiger partial charge >= 0.3 is 0 Å². The predicted octanol–water partition coefficient (Wildman–Crippen LogP) is 11.8. The van der Waals surface area contributed by atoms with Gasteiger partial charge in [-0.15, -0.1) is 0 Å². The van der Waals surface area contributed by atoms with Crippen LogP contribution in [-0.2, 0) is 21.7 Å². The number of hydrogen-bond acceptors (Lipinski definition) is 3. The van der Waals surface area contributed by atoms with Gasteiger partial charge in [-0.2, -0.15) is 0 Å². The molecular formula is C50H53BN2O. The standard InChI is InChI=1S/C50H53BN2O/c1-30-15-13-16-31(2)44(30)53-40-19-14-18-39-43(40)51(46-45(53)33-17-11-12-20-42(33)54-46)38-28-36-37(50(9,10)26-25-49(36,7)8)29-41(38)52(39)32-21-22-34-35(27-32)48(5,6)24-23-47(34,3)4/h11-22,27-29H,23-26H2,1-10H3. The van der Waals surface area contributed by atoms with Crippen LogP contribution in [0.3, 0.4) is 0 Å². The van der Waals surface area contributed by atoms with E-state index < -0.39 is 0 Å². The SMILES string of the molecule is Cc1cccc(C)c1N1c2cccc3c2B(c2cc4c(cc2N3c2ccc3c(c2)C(C)(C)CCC3(C)C)C(C)(C)CCC4(C)C)c2oc3ccccc3c21. The van der Waals surface area contributed by atoms with Crippen LogP contribution in [0.5, 0.6) is 0 Å². The molecule has 1 aromatic heterocycles. The normalized spacial score (nSPS) is 19.5. The highest BCUT2D eigenvalue weighted by Gasteiger charge is 2.49. The molecule has 0 unspecified atom stereocenters. The summed E-state index contributed by atoms with van der Waals surface area (Å²) in [6.45, 7) is 24.0. The zero-order valence-electron chi connectivity index (χ0n) is 33.9. The molecule has 0 spiro atoms. The second kappa shape index (κ2) is 11.0. The van der Waals surface area contributed by atoms with Crippen LogP contribution < -0.4 is 26.4 Å². The van der Waals surface area contributed by atoms with E-state index in [9.17, 15) is 0 Å². The van der Waals surface area contributed by atoms with Crippen LogP contribution in [0.2, 0.25) is 0 Å². The molecule has 0 amide bonds. The second-order valence-corrected chi connectivity index (χ2v) is 19.6. The highest BCUT2D eigenvalue weighted by atomic mass is 16.3. The van der Waals surface area contributed by atoms with Crippen molar-refractivity contribution >= 4 is 68.4 Å². The molecule has 3 heterocycles. The Labute approximate surface area is 322 Å². The van der Waals surface area contributed by atoms with Crippen LogP contribution in [-0.4, -0.2) is 6.71 Å². The Morgan fingerprint density at radius 2 is 1.07 bits per heavy atom. The smallest absolute Gasteiger partial charge is 0.297 e. The van der Waals surface area contributed by atoms with Crippen LogP contribution in [0, 0.1) is 13.8 Å². The van der Waals surface area contributed by atoms with Crippen molar-refractivity contribution in [1.29, 1.82) is 0 Å². The molecule has 6 aromatic rings. The molecular weight excluding hydrogens is 655 g/mol. The van der Waals surface area contributed by atoms with Gasteiger partial charge in [0, 0.05) is 28.1 Å². The number of fused-ring (bicyclic) bond motifs is 8. The Morgan fingerprint density at radius 1 is 0.519 bits per heavy atom. The van der Waals surface area contributed by atoms with E-state index in [1.54, 1.807) is 0 Å². The first kappa shape index (κ1) is 33.8. The molecule has 2 aliphatic carbocycles. The Hall–Kier alpha value is -4.70. The van der Waals surface area contributed by atoms with Gasteiger partial charge < -0.3 is 14.2 Å². The maximum Gasteiger partial charge on any atom is 0.297 e. The molecule has 4 heteroatoms. The van der Waals surface area contributed by atoms with Crippen molar-refractivity contribution in [3.8, 4) is 0 Å². The summed E-state index contributed by atoms with van der Waals surface area (Å²) in [5, 5.41) is 1.16. The molecule has 272 valence electrons. The topological polar surface area (TPSA) is 19.6 Å². The van der Waals surface area contributed by atoms with Crippen molar-refractivity contribution in [2.24, 2.45) is 0 Å². The average molecular weight is 709 g/mol. The van der Waals surface area contributed by atoms with Gasteiger partial charge in [0.2, 0.25) is 0 Å². The number of anilines is 6. The Morgan fingerprint density at radius 3 is 1.74 bits per heavy atom. The van der Waals surface area contributed by atoms with Gasteiger partial charge in [0.1, 0.15) is 5.58 Å². The number of furan rings is 1. The van der Waals surface area contributed by atoms with Crippen LogP contribution >= 0.6 is 0 Å². The fourth-order valence-electron chi connectivity index (χ4n) is 10.8. The minimum atomic E-state index is -0.0513. The van der Waals surface area contributed by atoms with Crippen LogP contribution in [0.15, 0.2) is 95.4 Å². The van der Waals surface area contributed by atoms with Gasteiger partial charge in [-0.1, -0.05) is 104 Å². The number of benzene rings is 5. The molecule has 3 nitrogen and oxygen atoms in total. The number of para-hydroxylation sites is 2. The molecule has 0 N–H and O–H groups in total. The minimum Gasteiger partial charge on any atom is -0.468 e. The summed E-state index contributed by atoms with van der Waals surface area (Å²) in [6.07, 6.45) is 4.74. The first-order valence-electron chi connectivity index (χ1n) is 20.2. The van der Waals surface area contributed by atoms with Gasteiger partial charge in [-0.3, -0.25) is 0 Å². The van der Waals surface area contributed by atoms with E-state index in [0.29, 0.717) is 0 Å². The molecule has 10 rings (SSSR count). The van der Waals surface area contributed by atoms with Gasteiger partial charge in [-0.05, 0) is 148 Å². The zero-order valence-corrected chi connectivity index (χ0v) is 33.9. The van der Waals surface area contributed by atoms with Crippen LogP contribution in [0.1, 0.15) is 114 Å². The third kappa shape index (κ3) is 4.55. The summed E-state index contributed by atoms with van der Waals surface area (Å²) in [5.41, 5.74) is 20.9. The van der Waals surface area contributed by atoms with Gasteiger partial charge in [0.25, 0.3) is 6.71 Å². The van der Waals surface area contributed by atoms with E-state index in [4.69, 9.17) is 4.42 Å². The zero-order chi connectivity index (χ0) is 37.7. The number of aryl methyl sites for hydroxylation is 2. The molecule has 4 aliphatic rings. The third-order valence-electron chi connectivity index (χ3n) is 14.2. The summed E-state index contributed by atoms with van der Waals surface area (Å²) in [6, 6.07) is 35.0. The number of nitrogens with zero attached hydrogens (tertiary/aromatic N) is 2. The van der Waals surface area contributed by atoms with Gasteiger partial charge in [0.05, 0.1) is 17.0 Å². The summed E-state index contributed by atoms with van der Waals surface area (Å²) in [7, 11) is 0. The summed E-state index contributed by atoms with van der Waals surface area (Å²) in [4.78, 5) is 5.16. The molecule has 54 heavy (non-hydrogen) atoms. The highest BCUT2D eigenvalue weighted by molar-refractivity contribution is 7.00. The van der Waals surface area contributed by atoms with Gasteiger partial charge in [-0.25, -0.2) is 0 Å². The fraction of sp³-hybridized carbons (Fsp3) is 0.360. The number of hydrogen-bond donors (Lipinski definition) is 0. The quantitative estimate of drug-likeness (QED) is 0.167. The summed E-state index contributed by atoms with van der Waals surface area (Å²) < 4.78 is 7.17. The molecule has 0 atom stereocenters. The summed E-state index contributed by atoms with van der Waals surface area (Å²) in [5.74, 6) is 0. The molecule has 0 fully saturated rings. The number of rotatable bonds is 2. The van der Waals surface area contributed by atoms with E-state index in [0.717, 1.165) is 16.6 Å². The van der Waals surface area contributed by atoms with Crippen molar-refractivity contribution < 1.29 is 4.42 Å². The second-order valence-electron chi connectivity index (χ2n) is 19.6. The monoisotopic (exact) mass is 708 g/mol. The largest absolute Gasteiger partial charge is 0.468 e. The lowest BCUT2D eigenvalue weighted by Crippen LogP contribution is -2.61. The molecule has 5 aromatic carbocycles. The summed E-state index contributed by atoms with van der Waals surface area (Å²) >= 11 is 0. The van der Waals surface area contributed by atoms with E-state index >= 15 is 0 Å². The third-order valence-corrected chi connectivity index (χ3v) is 14.2. The average Bonchev–Trinajstić information content (AvgIpc) is 3.52. The molecule has 0 saturated carbocycles. The fourth-order valence-corrected chi connectivity index (χ4v) is 10.8. The van der Waals surface area contributed by atoms with Gasteiger partial charge in [0.15, 0.2) is 0 Å². The van der Waals surface area contributed by atoms with E-state index in [1.165, 1.54) is 104 Å². The highest BCUT2D eigenvalue weighted by Crippen LogP contribution is 2.53. The minimum absolute atomic E-state index is 0.0513. The Bertz CT molecular complexity index is 2550. The molecule has 0 radical (unpaired) electrons. The van der Waals surface area contributed by atoms with E-state index in [1.807, 2.05) is 0 Å². The Kier molecular flexibility index (Phi) is 6.87. The Balaban J connectivity index is 1.34. The lowest BCUT2D eigenvalue weighted by Gasteiger charge is -2.47. The van der Waals surface area contributed by atoms with Crippen LogP contribution in [0.25, 0.3) is 11.0 Å². The molecule has 0 bridgehead atoms. The lowest BCUT2D eigenvalue weighted by molar-refractivity contribution is 0.332. The van der Waals surface area contributed by atoms with Crippen molar-refractivity contribution in [3.63, 3.8) is 0 Å². The first-order valence-corrected chi connectivity index (χ1v) is 20.2. The first-order chi connectivity index (χ1) is 25.6. The maximum atomic E-state index is 7.17. The molecule has 0 saturated heterocycles. The van der Waals surface area contributed by atoms with Crippen molar-refractivity contribution in [3.05, 3.63) is 124 Å². The van der Waals surface area contributed by atoms with Crippen molar-refractivity contribution in [2.75, 3.05) is 9.80 Å². The molecule has 2 aliphatic heterocycles. The lowest BCUT2D eigenvalue weighted by atomic mass is 9.35. The van der Waals surface area contributed by atoms with E-state index in [2.05, 4.69) is 170 Å².